The predicted octanol–water partition coefficient (Wildman–Crippen LogP) is 4.01. The minimum absolute atomic E-state index is 0.237. The van der Waals surface area contributed by atoms with Gasteiger partial charge in [-0.15, -0.1) is 0 Å². The Morgan fingerprint density at radius 3 is 2.67 bits per heavy atom. The van der Waals surface area contributed by atoms with Crippen molar-refractivity contribution in [3.8, 4) is 17.7 Å². The maximum Gasteiger partial charge on any atom is 0.240 e. The largest absolute Gasteiger partial charge is 0.497 e. The molecule has 8 heteroatoms. The molecule has 3 aliphatic heterocycles. The van der Waals surface area contributed by atoms with Gasteiger partial charge in [-0.3, -0.25) is 9.59 Å². The number of aromatic nitrogens is 1. The van der Waals surface area contributed by atoms with E-state index in [4.69, 9.17) is 14.2 Å². The lowest BCUT2D eigenvalue weighted by Crippen LogP contribution is -2.43. The van der Waals surface area contributed by atoms with Crippen molar-refractivity contribution in [2.24, 2.45) is 11.8 Å². The molecule has 0 saturated carbocycles. The predicted molar refractivity (Wildman–Crippen MR) is 130 cm³/mol. The number of anilines is 1. The zero-order valence-corrected chi connectivity index (χ0v) is 20.1. The minimum atomic E-state index is -0.776. The number of nitrogens with zero attached hydrogens (tertiary/aromatic N) is 3. The summed E-state index contributed by atoms with van der Waals surface area (Å²) in [6, 6.07) is 16.4. The second-order valence-corrected chi connectivity index (χ2v) is 9.87. The van der Waals surface area contributed by atoms with Crippen LogP contribution in [-0.2, 0) is 14.3 Å². The summed E-state index contributed by atoms with van der Waals surface area (Å²) in [4.78, 5) is 33.3. The van der Waals surface area contributed by atoms with E-state index in [9.17, 15) is 14.9 Å². The highest BCUT2D eigenvalue weighted by Crippen LogP contribution is 2.62. The van der Waals surface area contributed by atoms with Crippen molar-refractivity contribution in [1.82, 2.24) is 4.98 Å². The van der Waals surface area contributed by atoms with E-state index in [0.29, 0.717) is 54.1 Å². The molecule has 4 heterocycles. The van der Waals surface area contributed by atoms with Gasteiger partial charge in [-0.2, -0.15) is 5.26 Å². The second-order valence-electron chi connectivity index (χ2n) is 9.87. The zero-order valence-electron chi connectivity index (χ0n) is 20.1. The van der Waals surface area contributed by atoms with Crippen molar-refractivity contribution in [3.05, 3.63) is 60.3 Å². The Balaban J connectivity index is 1.32. The van der Waals surface area contributed by atoms with Gasteiger partial charge in [0, 0.05) is 29.5 Å². The van der Waals surface area contributed by atoms with Crippen LogP contribution < -0.4 is 14.4 Å². The van der Waals surface area contributed by atoms with Crippen LogP contribution >= 0.6 is 0 Å². The van der Waals surface area contributed by atoms with Crippen molar-refractivity contribution >= 4 is 28.3 Å². The summed E-state index contributed by atoms with van der Waals surface area (Å²) in [5, 5.41) is 11.0. The molecule has 0 spiro atoms. The standard InChI is InChI=1S/C28H25N3O5/c1-27-10-11-28(36-27,12-14-35-22-15-18(34-2)9-13-30-22)24-23(27)25(32)31(26(24)33)21-8-7-17(16-29)19-5-3-4-6-20(19)21/h3-9,13,15,23-24H,10-12,14H2,1-2H3. The van der Waals surface area contributed by atoms with Gasteiger partial charge in [-0.1, -0.05) is 24.3 Å². The van der Waals surface area contributed by atoms with E-state index in [2.05, 4.69) is 11.1 Å². The lowest BCUT2D eigenvalue weighted by molar-refractivity contribution is -0.131. The van der Waals surface area contributed by atoms with E-state index >= 15 is 0 Å². The van der Waals surface area contributed by atoms with Gasteiger partial charge in [0.05, 0.1) is 54.1 Å². The first kappa shape index (κ1) is 22.5. The fourth-order valence-corrected chi connectivity index (χ4v) is 6.35. The first-order valence-electron chi connectivity index (χ1n) is 12.0. The smallest absolute Gasteiger partial charge is 0.240 e. The molecule has 6 rings (SSSR count). The van der Waals surface area contributed by atoms with E-state index in [-0.39, 0.29) is 11.8 Å². The number of carbonyl (C=O) groups excluding carboxylic acids is 2. The van der Waals surface area contributed by atoms with Crippen LogP contribution in [0.1, 0.15) is 31.7 Å². The van der Waals surface area contributed by atoms with Crippen LogP contribution in [0.3, 0.4) is 0 Å². The summed E-state index contributed by atoms with van der Waals surface area (Å²) in [5.41, 5.74) is -0.460. The molecule has 3 aliphatic rings. The highest BCUT2D eigenvalue weighted by atomic mass is 16.5. The molecular formula is C28H25N3O5. The number of nitriles is 1. The molecule has 0 aliphatic carbocycles. The fourth-order valence-electron chi connectivity index (χ4n) is 6.35. The number of amides is 2. The third-order valence-corrected chi connectivity index (χ3v) is 7.99. The normalized spacial score (nSPS) is 28.4. The topological polar surface area (TPSA) is 102 Å². The van der Waals surface area contributed by atoms with Crippen molar-refractivity contribution in [3.63, 3.8) is 0 Å². The third-order valence-electron chi connectivity index (χ3n) is 7.99. The lowest BCUT2D eigenvalue weighted by Gasteiger charge is -2.31. The molecule has 2 bridgehead atoms. The van der Waals surface area contributed by atoms with Gasteiger partial charge in [0.25, 0.3) is 0 Å². The van der Waals surface area contributed by atoms with Gasteiger partial charge >= 0.3 is 0 Å². The Kier molecular flexibility index (Phi) is 5.02. The van der Waals surface area contributed by atoms with Crippen molar-refractivity contribution < 1.29 is 23.8 Å². The van der Waals surface area contributed by atoms with Crippen LogP contribution in [-0.4, -0.2) is 41.7 Å². The summed E-state index contributed by atoms with van der Waals surface area (Å²) in [6.07, 6.45) is 3.46. The first-order chi connectivity index (χ1) is 17.4. The molecule has 3 saturated heterocycles. The molecule has 36 heavy (non-hydrogen) atoms. The Labute approximate surface area is 208 Å². The van der Waals surface area contributed by atoms with E-state index in [1.165, 1.54) is 4.90 Å². The second kappa shape index (κ2) is 8.04. The van der Waals surface area contributed by atoms with E-state index in [1.54, 1.807) is 37.6 Å². The van der Waals surface area contributed by atoms with Crippen LogP contribution in [0.15, 0.2) is 54.7 Å². The maximum absolute atomic E-state index is 13.9. The van der Waals surface area contributed by atoms with Crippen LogP contribution in [0.5, 0.6) is 11.6 Å². The van der Waals surface area contributed by atoms with Crippen LogP contribution in [0.2, 0.25) is 0 Å². The Morgan fingerprint density at radius 2 is 1.89 bits per heavy atom. The number of benzene rings is 2. The van der Waals surface area contributed by atoms with Crippen LogP contribution in [0.4, 0.5) is 5.69 Å². The molecule has 0 radical (unpaired) electrons. The average Bonchev–Trinajstić information content (AvgIpc) is 3.48. The first-order valence-corrected chi connectivity index (χ1v) is 12.0. The molecule has 1 aromatic heterocycles. The quantitative estimate of drug-likeness (QED) is 0.488. The number of ether oxygens (including phenoxy) is 3. The zero-order chi connectivity index (χ0) is 25.1. The Morgan fingerprint density at radius 1 is 1.11 bits per heavy atom. The summed E-state index contributed by atoms with van der Waals surface area (Å²) in [5.74, 6) is -0.545. The summed E-state index contributed by atoms with van der Waals surface area (Å²) < 4.78 is 17.6. The van der Waals surface area contributed by atoms with Gasteiger partial charge in [-0.05, 0) is 38.0 Å². The molecule has 8 nitrogen and oxygen atoms in total. The number of hydrogen-bond donors (Lipinski definition) is 0. The molecule has 4 atom stereocenters. The van der Waals surface area contributed by atoms with Crippen molar-refractivity contribution in [2.75, 3.05) is 18.6 Å². The summed E-state index contributed by atoms with van der Waals surface area (Å²) in [7, 11) is 1.58. The number of hydrogen-bond acceptors (Lipinski definition) is 7. The molecule has 3 fully saturated rings. The summed E-state index contributed by atoms with van der Waals surface area (Å²) >= 11 is 0. The molecule has 4 unspecified atom stereocenters. The van der Waals surface area contributed by atoms with Gasteiger partial charge in [0.1, 0.15) is 5.75 Å². The molecule has 3 aromatic rings. The van der Waals surface area contributed by atoms with Gasteiger partial charge < -0.3 is 14.2 Å². The van der Waals surface area contributed by atoms with E-state index in [0.717, 1.165) is 5.39 Å². The number of methoxy groups -OCH3 is 1. The lowest BCUT2D eigenvalue weighted by atomic mass is 9.67. The molecule has 2 aromatic carbocycles. The number of pyridine rings is 1. The number of rotatable bonds is 6. The van der Waals surface area contributed by atoms with Gasteiger partial charge in [0.15, 0.2) is 0 Å². The SMILES string of the molecule is COc1ccnc(OCCC23CCC(C)(O2)C2C(=O)N(c4ccc(C#N)c5ccccc45)C(=O)C23)c1. The fraction of sp³-hybridized carbons (Fsp3) is 0.357. The van der Waals surface area contributed by atoms with Crippen molar-refractivity contribution in [1.29, 1.82) is 5.26 Å². The number of fused-ring (bicyclic) bond motifs is 6. The van der Waals surface area contributed by atoms with E-state index < -0.39 is 23.0 Å². The van der Waals surface area contributed by atoms with Crippen LogP contribution in [0.25, 0.3) is 10.8 Å². The molecular weight excluding hydrogens is 458 g/mol. The molecule has 2 amide bonds. The minimum Gasteiger partial charge on any atom is -0.497 e. The average molecular weight is 484 g/mol. The number of carbonyl (C=O) groups is 2. The van der Waals surface area contributed by atoms with E-state index in [1.807, 2.05) is 31.2 Å². The summed E-state index contributed by atoms with van der Waals surface area (Å²) in [6.45, 7) is 2.23. The molecule has 182 valence electrons. The third kappa shape index (κ3) is 3.12. The Bertz CT molecular complexity index is 1450. The highest BCUT2D eigenvalue weighted by Gasteiger charge is 2.73. The molecule has 0 N–H and O–H groups in total. The number of imide groups is 1. The van der Waals surface area contributed by atoms with Gasteiger partial charge in [-0.25, -0.2) is 9.88 Å². The monoisotopic (exact) mass is 483 g/mol. The highest BCUT2D eigenvalue weighted by molar-refractivity contribution is 6.26. The Hall–Kier alpha value is -3.96. The maximum atomic E-state index is 13.9. The van der Waals surface area contributed by atoms with Gasteiger partial charge in [0.2, 0.25) is 17.7 Å². The van der Waals surface area contributed by atoms with Crippen molar-refractivity contribution in [2.45, 2.75) is 37.4 Å². The van der Waals surface area contributed by atoms with Crippen LogP contribution in [0, 0.1) is 23.2 Å².